The minimum Gasteiger partial charge on any atom is -0.459 e. The molecule has 33 heavy (non-hydrogen) atoms. The number of hydrogen-bond donors (Lipinski definition) is 1. The van der Waals surface area contributed by atoms with E-state index in [0.29, 0.717) is 50.3 Å². The van der Waals surface area contributed by atoms with Crippen LogP contribution in [0.2, 0.25) is 0 Å². The summed E-state index contributed by atoms with van der Waals surface area (Å²) in [6.07, 6.45) is 0.713. The Balaban J connectivity index is 1.41. The Morgan fingerprint density at radius 3 is 2.33 bits per heavy atom. The van der Waals surface area contributed by atoms with Crippen molar-refractivity contribution in [2.24, 2.45) is 0 Å². The predicted octanol–water partition coefficient (Wildman–Crippen LogP) is 3.74. The number of nitrogens with zero attached hydrogens (tertiary/aromatic N) is 2. The van der Waals surface area contributed by atoms with E-state index in [0.717, 1.165) is 5.75 Å². The number of esters is 1. The molecular formula is C23H31N3O6S. The number of likely N-dealkylation sites (tertiary alicyclic amines) is 1. The van der Waals surface area contributed by atoms with E-state index in [1.165, 1.54) is 11.8 Å². The maximum atomic E-state index is 12.5. The van der Waals surface area contributed by atoms with Gasteiger partial charge in [0.15, 0.2) is 0 Å². The second-order valence-corrected chi connectivity index (χ2v) is 10.1. The molecule has 2 heterocycles. The summed E-state index contributed by atoms with van der Waals surface area (Å²) in [7, 11) is 0. The Morgan fingerprint density at radius 2 is 1.76 bits per heavy atom. The molecule has 2 aliphatic heterocycles. The lowest BCUT2D eigenvalue weighted by atomic mass is 10.1. The maximum absolute atomic E-state index is 12.5. The van der Waals surface area contributed by atoms with E-state index >= 15 is 0 Å². The first-order valence-electron chi connectivity index (χ1n) is 11.1. The van der Waals surface area contributed by atoms with E-state index in [2.05, 4.69) is 5.32 Å². The number of amides is 3. The van der Waals surface area contributed by atoms with Crippen LogP contribution in [0, 0.1) is 0 Å². The molecule has 0 radical (unpaired) electrons. The molecule has 1 N–H and O–H groups in total. The van der Waals surface area contributed by atoms with Crippen LogP contribution in [0.1, 0.15) is 50.4 Å². The Morgan fingerprint density at radius 1 is 1.09 bits per heavy atom. The highest BCUT2D eigenvalue weighted by Crippen LogP contribution is 2.20. The summed E-state index contributed by atoms with van der Waals surface area (Å²) in [5.41, 5.74) is 0.421. The molecular weight excluding hydrogens is 446 g/mol. The van der Waals surface area contributed by atoms with Gasteiger partial charge in [-0.2, -0.15) is 0 Å². The molecule has 0 atom stereocenters. The average molecular weight is 478 g/mol. The number of anilines is 1. The largest absolute Gasteiger partial charge is 0.459 e. The van der Waals surface area contributed by atoms with Crippen LogP contribution < -0.4 is 5.32 Å². The molecule has 10 heteroatoms. The summed E-state index contributed by atoms with van der Waals surface area (Å²) in [6.45, 7) is 7.49. The minimum atomic E-state index is -0.544. The Bertz CT molecular complexity index is 875. The summed E-state index contributed by atoms with van der Waals surface area (Å²) < 4.78 is 11.0. The average Bonchev–Trinajstić information content (AvgIpc) is 3.17. The normalized spacial score (nSPS) is 17.1. The summed E-state index contributed by atoms with van der Waals surface area (Å²) in [5, 5.41) is 2.79. The lowest BCUT2D eigenvalue weighted by Crippen LogP contribution is -2.43. The van der Waals surface area contributed by atoms with Gasteiger partial charge in [0.25, 0.3) is 5.24 Å². The molecule has 0 spiro atoms. The minimum absolute atomic E-state index is 0.0150. The molecule has 180 valence electrons. The van der Waals surface area contributed by atoms with Crippen molar-refractivity contribution in [2.75, 3.05) is 37.2 Å². The van der Waals surface area contributed by atoms with Crippen LogP contribution in [0.25, 0.3) is 0 Å². The molecule has 2 fully saturated rings. The fraction of sp³-hybridized carbons (Fsp3) is 0.565. The lowest BCUT2D eigenvalue weighted by Gasteiger charge is -2.33. The third-order valence-corrected chi connectivity index (χ3v) is 6.12. The fourth-order valence-corrected chi connectivity index (χ4v) is 4.33. The smallest absolute Gasteiger partial charge is 0.410 e. The van der Waals surface area contributed by atoms with Gasteiger partial charge in [0.2, 0.25) is 5.91 Å². The van der Waals surface area contributed by atoms with Crippen LogP contribution in [0.15, 0.2) is 24.3 Å². The van der Waals surface area contributed by atoms with Gasteiger partial charge in [-0.3, -0.25) is 9.59 Å². The lowest BCUT2D eigenvalue weighted by molar-refractivity contribution is -0.116. The number of piperidine rings is 1. The highest BCUT2D eigenvalue weighted by Gasteiger charge is 2.28. The first kappa shape index (κ1) is 24.9. The van der Waals surface area contributed by atoms with Crippen molar-refractivity contribution in [3.63, 3.8) is 0 Å². The van der Waals surface area contributed by atoms with E-state index < -0.39 is 11.6 Å². The highest BCUT2D eigenvalue weighted by molar-refractivity contribution is 8.13. The van der Waals surface area contributed by atoms with Crippen LogP contribution in [-0.2, 0) is 14.3 Å². The SMILES string of the molecule is CC(C)(C)OC(=O)N1CCC(OC(=O)c2ccc(NC(=O)CCN3CCSC3=O)cc2)CC1. The van der Waals surface area contributed by atoms with E-state index in [1.807, 2.05) is 20.8 Å². The second-order valence-electron chi connectivity index (χ2n) is 9.05. The van der Waals surface area contributed by atoms with Crippen LogP contribution in [-0.4, -0.2) is 76.6 Å². The summed E-state index contributed by atoms with van der Waals surface area (Å²) in [6, 6.07) is 6.51. The molecule has 0 aromatic heterocycles. The van der Waals surface area contributed by atoms with Crippen molar-refractivity contribution in [3.8, 4) is 0 Å². The predicted molar refractivity (Wildman–Crippen MR) is 125 cm³/mol. The zero-order valence-electron chi connectivity index (χ0n) is 19.3. The van der Waals surface area contributed by atoms with Gasteiger partial charge in [-0.05, 0) is 45.0 Å². The number of ether oxygens (including phenoxy) is 2. The van der Waals surface area contributed by atoms with Gasteiger partial charge in [0, 0.05) is 56.9 Å². The molecule has 2 saturated heterocycles. The highest BCUT2D eigenvalue weighted by atomic mass is 32.2. The number of thioether (sulfide) groups is 1. The van der Waals surface area contributed by atoms with Gasteiger partial charge in [-0.1, -0.05) is 11.8 Å². The van der Waals surface area contributed by atoms with E-state index in [-0.39, 0.29) is 29.8 Å². The van der Waals surface area contributed by atoms with Gasteiger partial charge in [0.1, 0.15) is 11.7 Å². The Kier molecular flexibility index (Phi) is 8.23. The number of hydrogen-bond acceptors (Lipinski definition) is 7. The van der Waals surface area contributed by atoms with Crippen LogP contribution in [0.4, 0.5) is 15.3 Å². The van der Waals surface area contributed by atoms with Crippen LogP contribution in [0.3, 0.4) is 0 Å². The monoisotopic (exact) mass is 477 g/mol. The Hall–Kier alpha value is -2.75. The number of benzene rings is 1. The van der Waals surface area contributed by atoms with Gasteiger partial charge < -0.3 is 24.6 Å². The quantitative estimate of drug-likeness (QED) is 0.622. The molecule has 2 aliphatic rings. The first-order chi connectivity index (χ1) is 15.6. The number of rotatable bonds is 6. The third kappa shape index (κ3) is 7.66. The summed E-state index contributed by atoms with van der Waals surface area (Å²) in [5.74, 6) is 0.140. The van der Waals surface area contributed by atoms with Crippen LogP contribution >= 0.6 is 11.8 Å². The second kappa shape index (κ2) is 10.9. The fourth-order valence-electron chi connectivity index (χ4n) is 3.48. The zero-order chi connectivity index (χ0) is 24.0. The topological polar surface area (TPSA) is 105 Å². The molecule has 3 rings (SSSR count). The molecule has 3 amide bonds. The standard InChI is InChI=1S/C23H31N3O6S/c1-23(2,3)32-21(29)25-11-8-18(9-12-25)31-20(28)16-4-6-17(7-5-16)24-19(27)10-13-26-14-15-33-22(26)30/h4-7,18H,8-15H2,1-3H3,(H,24,27). The van der Waals surface area contributed by atoms with Gasteiger partial charge in [-0.25, -0.2) is 9.59 Å². The molecule has 0 bridgehead atoms. The van der Waals surface area contributed by atoms with Crippen molar-refractivity contribution in [1.29, 1.82) is 0 Å². The molecule has 1 aromatic rings. The first-order valence-corrected chi connectivity index (χ1v) is 12.1. The van der Waals surface area contributed by atoms with Crippen molar-refractivity contribution < 1.29 is 28.7 Å². The van der Waals surface area contributed by atoms with Gasteiger partial charge >= 0.3 is 12.1 Å². The van der Waals surface area contributed by atoms with Crippen LogP contribution in [0.5, 0.6) is 0 Å². The number of carbonyl (C=O) groups is 4. The molecule has 0 aliphatic carbocycles. The number of carbonyl (C=O) groups excluding carboxylic acids is 4. The maximum Gasteiger partial charge on any atom is 0.410 e. The Labute approximate surface area is 198 Å². The van der Waals surface area contributed by atoms with Crippen molar-refractivity contribution in [3.05, 3.63) is 29.8 Å². The van der Waals surface area contributed by atoms with E-state index in [1.54, 1.807) is 34.1 Å². The van der Waals surface area contributed by atoms with Gasteiger partial charge in [-0.15, -0.1) is 0 Å². The molecule has 0 saturated carbocycles. The van der Waals surface area contributed by atoms with Gasteiger partial charge in [0.05, 0.1) is 5.56 Å². The number of nitrogens with one attached hydrogen (secondary N) is 1. The molecule has 1 aromatic carbocycles. The molecule has 0 unspecified atom stereocenters. The summed E-state index contributed by atoms with van der Waals surface area (Å²) in [4.78, 5) is 51.6. The summed E-state index contributed by atoms with van der Waals surface area (Å²) >= 11 is 1.27. The van der Waals surface area contributed by atoms with Crippen molar-refractivity contribution in [1.82, 2.24) is 9.80 Å². The van der Waals surface area contributed by atoms with E-state index in [9.17, 15) is 19.2 Å². The third-order valence-electron chi connectivity index (χ3n) is 5.23. The van der Waals surface area contributed by atoms with E-state index in [4.69, 9.17) is 9.47 Å². The van der Waals surface area contributed by atoms with Crippen molar-refractivity contribution >= 4 is 40.7 Å². The van der Waals surface area contributed by atoms with Crippen molar-refractivity contribution in [2.45, 2.75) is 51.7 Å². The molecule has 9 nitrogen and oxygen atoms in total. The zero-order valence-corrected chi connectivity index (χ0v) is 20.1.